The van der Waals surface area contributed by atoms with E-state index in [4.69, 9.17) is 0 Å². The first-order valence-electron chi connectivity index (χ1n) is 14.0. The molecule has 1 aliphatic heterocycles. The van der Waals surface area contributed by atoms with E-state index in [0.29, 0.717) is 40.6 Å². The van der Waals surface area contributed by atoms with Crippen molar-refractivity contribution >= 4 is 47.2 Å². The second-order valence-corrected chi connectivity index (χ2v) is 11.5. The lowest BCUT2D eigenvalue weighted by molar-refractivity contribution is -0.113. The van der Waals surface area contributed by atoms with Crippen molar-refractivity contribution in [3.8, 4) is 0 Å². The minimum atomic E-state index is -0.455. The first kappa shape index (κ1) is 29.5. The number of fused-ring (bicyclic) bond motifs is 1. The van der Waals surface area contributed by atoms with Gasteiger partial charge in [0.05, 0.1) is 11.1 Å². The van der Waals surface area contributed by atoms with Gasteiger partial charge in [0.2, 0.25) is 0 Å². The molecule has 0 unspecified atom stereocenters. The van der Waals surface area contributed by atoms with Gasteiger partial charge in [-0.2, -0.15) is 0 Å². The van der Waals surface area contributed by atoms with Gasteiger partial charge in [-0.3, -0.25) is 24.1 Å². The van der Waals surface area contributed by atoms with E-state index in [1.165, 1.54) is 22.2 Å². The smallest absolute Gasteiger partial charge is 0.272 e. The van der Waals surface area contributed by atoms with Crippen LogP contribution < -0.4 is 10.6 Å². The van der Waals surface area contributed by atoms with Crippen LogP contribution in [0.1, 0.15) is 62.0 Å². The molecule has 0 spiro atoms. The fourth-order valence-corrected chi connectivity index (χ4v) is 5.45. The molecule has 0 atom stereocenters. The first-order chi connectivity index (χ1) is 20.8. The number of nitrogens with zero attached hydrogens (tertiary/aromatic N) is 1. The van der Waals surface area contributed by atoms with Crippen molar-refractivity contribution in [2.24, 2.45) is 0 Å². The normalized spacial score (nSPS) is 12.8. The van der Waals surface area contributed by atoms with E-state index in [1.807, 2.05) is 42.5 Å². The van der Waals surface area contributed by atoms with Crippen LogP contribution in [0.4, 0.5) is 5.69 Å². The quantitative estimate of drug-likeness (QED) is 0.123. The molecule has 1 heterocycles. The summed E-state index contributed by atoms with van der Waals surface area (Å²) in [4.78, 5) is 53.6. The molecule has 216 valence electrons. The Balaban J connectivity index is 1.23. The molecule has 0 fully saturated rings. The lowest BCUT2D eigenvalue weighted by Gasteiger charge is -2.14. The Bertz CT molecular complexity index is 1650. The van der Waals surface area contributed by atoms with Crippen molar-refractivity contribution in [2.45, 2.75) is 24.7 Å². The average Bonchev–Trinajstić information content (AvgIpc) is 3.27. The van der Waals surface area contributed by atoms with Gasteiger partial charge in [-0.1, -0.05) is 68.4 Å². The third kappa shape index (κ3) is 7.10. The number of hydrogen-bond donors (Lipinski definition) is 2. The summed E-state index contributed by atoms with van der Waals surface area (Å²) in [6.45, 7) is 4.52. The van der Waals surface area contributed by atoms with Gasteiger partial charge in [0.25, 0.3) is 23.6 Å². The molecule has 4 amide bonds. The summed E-state index contributed by atoms with van der Waals surface area (Å²) in [5, 5.41) is 5.64. The van der Waals surface area contributed by atoms with Crippen LogP contribution in [0.25, 0.3) is 6.08 Å². The molecule has 0 saturated carbocycles. The maximum Gasteiger partial charge on any atom is 0.272 e. The van der Waals surface area contributed by atoms with E-state index in [1.54, 1.807) is 66.7 Å². The minimum Gasteiger partial charge on any atom is -0.321 e. The predicted molar refractivity (Wildman–Crippen MR) is 170 cm³/mol. The number of benzene rings is 4. The lowest BCUT2D eigenvalue weighted by Crippen LogP contribution is -2.31. The fraction of sp³-hybridized carbons (Fsp3) is 0.143. The summed E-state index contributed by atoms with van der Waals surface area (Å²) in [7, 11) is 0. The molecule has 0 bridgehead atoms. The van der Waals surface area contributed by atoms with Crippen LogP contribution in [0.2, 0.25) is 0 Å². The van der Waals surface area contributed by atoms with Crippen LogP contribution >= 0.6 is 11.8 Å². The Kier molecular flexibility index (Phi) is 9.17. The number of thioether (sulfide) groups is 1. The van der Waals surface area contributed by atoms with Crippen molar-refractivity contribution in [1.82, 2.24) is 10.2 Å². The molecule has 5 rings (SSSR count). The van der Waals surface area contributed by atoms with Crippen LogP contribution in [0.15, 0.2) is 114 Å². The van der Waals surface area contributed by atoms with Gasteiger partial charge in [-0.15, -0.1) is 11.8 Å². The van der Waals surface area contributed by atoms with Crippen LogP contribution in [0, 0.1) is 0 Å². The predicted octanol–water partition coefficient (Wildman–Crippen LogP) is 6.61. The van der Waals surface area contributed by atoms with E-state index in [-0.39, 0.29) is 23.4 Å². The van der Waals surface area contributed by atoms with Crippen LogP contribution in [0.3, 0.4) is 0 Å². The van der Waals surface area contributed by atoms with Crippen molar-refractivity contribution in [3.05, 3.63) is 137 Å². The number of carbonyl (C=O) groups excluding carboxylic acids is 4. The highest BCUT2D eigenvalue weighted by Gasteiger charge is 2.34. The topological polar surface area (TPSA) is 95.6 Å². The zero-order valence-electron chi connectivity index (χ0n) is 23.9. The third-order valence-corrected chi connectivity index (χ3v) is 8.01. The molecule has 4 aromatic rings. The molecule has 0 aliphatic carbocycles. The molecule has 8 heteroatoms. The summed E-state index contributed by atoms with van der Waals surface area (Å²) in [6, 6.07) is 30.7. The maximum absolute atomic E-state index is 13.3. The highest BCUT2D eigenvalue weighted by Crippen LogP contribution is 2.25. The minimum absolute atomic E-state index is 0.116. The summed E-state index contributed by atoms with van der Waals surface area (Å²) in [5.41, 5.74) is 3.97. The molecule has 43 heavy (non-hydrogen) atoms. The highest BCUT2D eigenvalue weighted by molar-refractivity contribution is 7.99. The largest absolute Gasteiger partial charge is 0.321 e. The van der Waals surface area contributed by atoms with Gasteiger partial charge >= 0.3 is 0 Å². The summed E-state index contributed by atoms with van der Waals surface area (Å²) in [6.07, 6.45) is 1.66. The summed E-state index contributed by atoms with van der Waals surface area (Å²) < 4.78 is 0. The lowest BCUT2D eigenvalue weighted by atomic mass is 10.0. The van der Waals surface area contributed by atoms with E-state index < -0.39 is 5.91 Å². The van der Waals surface area contributed by atoms with Crippen molar-refractivity contribution in [3.63, 3.8) is 0 Å². The summed E-state index contributed by atoms with van der Waals surface area (Å²) >= 11 is 1.51. The molecule has 2 N–H and O–H groups in total. The average molecular weight is 590 g/mol. The van der Waals surface area contributed by atoms with Crippen molar-refractivity contribution < 1.29 is 19.2 Å². The van der Waals surface area contributed by atoms with E-state index in [0.717, 1.165) is 10.5 Å². The highest BCUT2D eigenvalue weighted by atomic mass is 32.2. The first-order valence-corrected chi connectivity index (χ1v) is 15.0. The number of hydrogen-bond acceptors (Lipinski definition) is 5. The van der Waals surface area contributed by atoms with Gasteiger partial charge in [0, 0.05) is 28.4 Å². The van der Waals surface area contributed by atoms with Crippen LogP contribution in [0.5, 0.6) is 0 Å². The number of nitrogens with one attached hydrogen (secondary N) is 2. The molecular formula is C35H31N3O4S. The zero-order valence-corrected chi connectivity index (χ0v) is 24.7. The zero-order chi connectivity index (χ0) is 30.3. The molecule has 0 radical (unpaired) electrons. The molecule has 0 saturated heterocycles. The van der Waals surface area contributed by atoms with Gasteiger partial charge in [0.15, 0.2) is 0 Å². The number of anilines is 1. The van der Waals surface area contributed by atoms with Crippen LogP contribution in [-0.4, -0.2) is 40.8 Å². The number of rotatable bonds is 10. The van der Waals surface area contributed by atoms with Crippen LogP contribution in [-0.2, 0) is 4.79 Å². The second-order valence-electron chi connectivity index (χ2n) is 10.3. The third-order valence-electron chi connectivity index (χ3n) is 7.02. The number of amides is 4. The molecule has 0 aromatic heterocycles. The molecule has 4 aromatic carbocycles. The van der Waals surface area contributed by atoms with Gasteiger partial charge < -0.3 is 10.6 Å². The van der Waals surface area contributed by atoms with E-state index >= 15 is 0 Å². The Labute approximate surface area is 255 Å². The Morgan fingerprint density at radius 3 is 2.00 bits per heavy atom. The Morgan fingerprint density at radius 2 is 1.40 bits per heavy atom. The molecule has 7 nitrogen and oxygen atoms in total. The molecule has 1 aliphatic rings. The fourth-order valence-electron chi connectivity index (χ4n) is 4.62. The SMILES string of the molecule is CC(C)c1ccc(/C=C(\NC(=O)c2ccccc2)C(=O)Nc2ccc(SCCN3C(=O)c4ccccc4C3=O)cc2)cc1. The molecular weight excluding hydrogens is 558 g/mol. The van der Waals surface area contributed by atoms with Gasteiger partial charge in [-0.25, -0.2) is 0 Å². The van der Waals surface area contributed by atoms with Gasteiger partial charge in [-0.05, 0) is 71.7 Å². The maximum atomic E-state index is 13.3. The Morgan fingerprint density at radius 1 is 0.791 bits per heavy atom. The monoisotopic (exact) mass is 589 g/mol. The second kappa shape index (κ2) is 13.4. The number of carbonyl (C=O) groups is 4. The summed E-state index contributed by atoms with van der Waals surface area (Å²) in [5.74, 6) is -0.460. The van der Waals surface area contributed by atoms with Crippen molar-refractivity contribution in [1.29, 1.82) is 0 Å². The standard InChI is InChI=1S/C35H31N3O4S/c1-23(2)25-14-12-24(13-15-25)22-31(37-32(39)26-8-4-3-5-9-26)33(40)36-27-16-18-28(19-17-27)43-21-20-38-34(41)29-10-6-7-11-30(29)35(38)42/h3-19,22-23H,20-21H2,1-2H3,(H,36,40)(H,37,39)/b31-22-. The van der Waals surface area contributed by atoms with E-state index in [9.17, 15) is 19.2 Å². The van der Waals surface area contributed by atoms with E-state index in [2.05, 4.69) is 24.5 Å². The van der Waals surface area contributed by atoms with Crippen molar-refractivity contribution in [2.75, 3.05) is 17.6 Å². The number of imide groups is 1. The Hall–Kier alpha value is -4.95. The van der Waals surface area contributed by atoms with Gasteiger partial charge in [0.1, 0.15) is 5.70 Å².